The van der Waals surface area contributed by atoms with Crippen LogP contribution < -0.4 is 0 Å². The van der Waals surface area contributed by atoms with E-state index in [1.807, 2.05) is 12.1 Å². The highest BCUT2D eigenvalue weighted by Gasteiger charge is 2.09. The summed E-state index contributed by atoms with van der Waals surface area (Å²) in [7, 11) is 0. The molecule has 0 atom stereocenters. The van der Waals surface area contributed by atoms with Gasteiger partial charge in [-0.3, -0.25) is 4.98 Å². The fourth-order valence-electron chi connectivity index (χ4n) is 2.04. The van der Waals surface area contributed by atoms with Crippen molar-refractivity contribution < 1.29 is 4.39 Å². The van der Waals surface area contributed by atoms with E-state index >= 15 is 0 Å². The van der Waals surface area contributed by atoms with Crippen LogP contribution in [0.1, 0.15) is 23.7 Å². The summed E-state index contributed by atoms with van der Waals surface area (Å²) in [5, 5.41) is 0. The summed E-state index contributed by atoms with van der Waals surface area (Å²) in [5.74, 6) is -0.183. The minimum atomic E-state index is -0.183. The molecule has 0 radical (unpaired) electrons. The van der Waals surface area contributed by atoms with E-state index in [0.29, 0.717) is 5.56 Å². The third-order valence-electron chi connectivity index (χ3n) is 3.09. The Morgan fingerprint density at radius 1 is 1.33 bits per heavy atom. The first kappa shape index (κ1) is 12.5. The highest BCUT2D eigenvalue weighted by Crippen LogP contribution is 2.27. The van der Waals surface area contributed by atoms with E-state index in [9.17, 15) is 4.39 Å². The summed E-state index contributed by atoms with van der Waals surface area (Å²) < 4.78 is 13.6. The molecule has 2 heteroatoms. The van der Waals surface area contributed by atoms with E-state index in [1.54, 1.807) is 31.3 Å². The van der Waals surface area contributed by atoms with Gasteiger partial charge in [0.1, 0.15) is 5.82 Å². The van der Waals surface area contributed by atoms with Crippen LogP contribution in [0.5, 0.6) is 0 Å². The molecular weight excluding hydrogens is 225 g/mol. The van der Waals surface area contributed by atoms with E-state index in [1.165, 1.54) is 0 Å². The zero-order valence-electron chi connectivity index (χ0n) is 10.7. The lowest BCUT2D eigenvalue weighted by molar-refractivity contribution is 0.619. The standard InChI is InChI=1S/C16H16FN/c1-4-13-14(8-9-18-16(13)5-2)12-7-6-11(3)15(17)10-12/h4,6-10H,1,5H2,2-3H3. The predicted octanol–water partition coefficient (Wildman–Crippen LogP) is 4.40. The lowest BCUT2D eigenvalue weighted by atomic mass is 9.97. The summed E-state index contributed by atoms with van der Waals surface area (Å²) in [6, 6.07) is 7.20. The van der Waals surface area contributed by atoms with E-state index in [0.717, 1.165) is 28.8 Å². The van der Waals surface area contributed by atoms with Gasteiger partial charge in [0.05, 0.1) is 0 Å². The van der Waals surface area contributed by atoms with E-state index in [2.05, 4.69) is 18.5 Å². The number of pyridine rings is 1. The molecule has 0 amide bonds. The maximum absolute atomic E-state index is 13.6. The fourth-order valence-corrected chi connectivity index (χ4v) is 2.04. The van der Waals surface area contributed by atoms with E-state index in [4.69, 9.17) is 0 Å². The number of hydrogen-bond acceptors (Lipinski definition) is 1. The van der Waals surface area contributed by atoms with Crippen LogP contribution in [0.15, 0.2) is 37.0 Å². The van der Waals surface area contributed by atoms with Crippen molar-refractivity contribution in [1.82, 2.24) is 4.98 Å². The molecule has 0 saturated carbocycles. The van der Waals surface area contributed by atoms with Crippen LogP contribution in [-0.4, -0.2) is 4.98 Å². The first-order chi connectivity index (χ1) is 8.67. The Morgan fingerprint density at radius 3 is 2.72 bits per heavy atom. The van der Waals surface area contributed by atoms with Crippen LogP contribution in [-0.2, 0) is 6.42 Å². The number of nitrogens with zero attached hydrogens (tertiary/aromatic N) is 1. The lowest BCUT2D eigenvalue weighted by Crippen LogP contribution is -1.95. The molecule has 0 aliphatic rings. The Bertz CT molecular complexity index is 588. The van der Waals surface area contributed by atoms with Crippen LogP contribution in [0, 0.1) is 12.7 Å². The van der Waals surface area contributed by atoms with Crippen LogP contribution in [0.2, 0.25) is 0 Å². The summed E-state index contributed by atoms with van der Waals surface area (Å²) in [6.07, 6.45) is 4.39. The SMILES string of the molecule is C=Cc1c(-c2ccc(C)c(F)c2)ccnc1CC. The molecule has 0 aliphatic carbocycles. The second-order valence-electron chi connectivity index (χ2n) is 4.24. The molecular formula is C16H16FN. The molecule has 1 aromatic heterocycles. The van der Waals surface area contributed by atoms with Crippen molar-refractivity contribution in [2.45, 2.75) is 20.3 Å². The Morgan fingerprint density at radius 2 is 2.11 bits per heavy atom. The van der Waals surface area contributed by atoms with Crippen molar-refractivity contribution in [2.75, 3.05) is 0 Å². The largest absolute Gasteiger partial charge is 0.261 e. The molecule has 1 nitrogen and oxygen atoms in total. The molecule has 0 saturated heterocycles. The van der Waals surface area contributed by atoms with Crippen LogP contribution in [0.25, 0.3) is 17.2 Å². The Kier molecular flexibility index (Phi) is 3.56. The number of hydrogen-bond donors (Lipinski definition) is 0. The predicted molar refractivity (Wildman–Crippen MR) is 73.8 cm³/mol. The van der Waals surface area contributed by atoms with E-state index < -0.39 is 0 Å². The molecule has 0 N–H and O–H groups in total. The Balaban J connectivity index is 2.63. The van der Waals surface area contributed by atoms with Crippen LogP contribution >= 0.6 is 0 Å². The van der Waals surface area contributed by atoms with Crippen molar-refractivity contribution in [2.24, 2.45) is 0 Å². The van der Waals surface area contributed by atoms with Gasteiger partial charge in [-0.25, -0.2) is 4.39 Å². The quantitative estimate of drug-likeness (QED) is 0.776. The van der Waals surface area contributed by atoms with Gasteiger partial charge in [-0.05, 0) is 42.2 Å². The fraction of sp³-hybridized carbons (Fsp3) is 0.188. The van der Waals surface area contributed by atoms with Gasteiger partial charge in [-0.1, -0.05) is 31.7 Å². The molecule has 92 valence electrons. The van der Waals surface area contributed by atoms with Gasteiger partial charge >= 0.3 is 0 Å². The Hall–Kier alpha value is -1.96. The third kappa shape index (κ3) is 2.19. The van der Waals surface area contributed by atoms with Crippen molar-refractivity contribution >= 4 is 6.08 Å². The van der Waals surface area contributed by atoms with E-state index in [-0.39, 0.29) is 5.82 Å². The number of halogens is 1. The van der Waals surface area contributed by atoms with Gasteiger partial charge in [-0.2, -0.15) is 0 Å². The topological polar surface area (TPSA) is 12.9 Å². The molecule has 2 aromatic rings. The monoisotopic (exact) mass is 241 g/mol. The van der Waals surface area contributed by atoms with Crippen molar-refractivity contribution in [1.29, 1.82) is 0 Å². The minimum absolute atomic E-state index is 0.183. The number of aromatic nitrogens is 1. The molecule has 0 aliphatic heterocycles. The average Bonchev–Trinajstić information content (AvgIpc) is 2.40. The molecule has 18 heavy (non-hydrogen) atoms. The van der Waals surface area contributed by atoms with Crippen LogP contribution in [0.4, 0.5) is 4.39 Å². The van der Waals surface area contributed by atoms with Gasteiger partial charge in [0.2, 0.25) is 0 Å². The molecule has 0 bridgehead atoms. The first-order valence-corrected chi connectivity index (χ1v) is 6.04. The first-order valence-electron chi connectivity index (χ1n) is 6.04. The number of benzene rings is 1. The maximum atomic E-state index is 13.6. The summed E-state index contributed by atoms with van der Waals surface area (Å²) in [6.45, 7) is 7.64. The smallest absolute Gasteiger partial charge is 0.126 e. The number of aryl methyl sites for hydroxylation is 2. The third-order valence-corrected chi connectivity index (χ3v) is 3.09. The molecule has 1 aromatic carbocycles. The van der Waals surface area contributed by atoms with Crippen molar-refractivity contribution in [3.63, 3.8) is 0 Å². The van der Waals surface area contributed by atoms with Gasteiger partial charge in [0.15, 0.2) is 0 Å². The molecule has 0 fully saturated rings. The maximum Gasteiger partial charge on any atom is 0.126 e. The minimum Gasteiger partial charge on any atom is -0.261 e. The highest BCUT2D eigenvalue weighted by molar-refractivity contribution is 5.75. The summed E-state index contributed by atoms with van der Waals surface area (Å²) in [4.78, 5) is 4.33. The van der Waals surface area contributed by atoms with Crippen molar-refractivity contribution in [3.8, 4) is 11.1 Å². The van der Waals surface area contributed by atoms with Gasteiger partial charge in [-0.15, -0.1) is 0 Å². The zero-order chi connectivity index (χ0) is 13.1. The van der Waals surface area contributed by atoms with Gasteiger partial charge in [0.25, 0.3) is 0 Å². The molecule has 0 spiro atoms. The number of rotatable bonds is 3. The molecule has 0 unspecified atom stereocenters. The Labute approximate surface area is 107 Å². The van der Waals surface area contributed by atoms with Crippen LogP contribution in [0.3, 0.4) is 0 Å². The second-order valence-corrected chi connectivity index (χ2v) is 4.24. The van der Waals surface area contributed by atoms with Crippen molar-refractivity contribution in [3.05, 3.63) is 59.7 Å². The second kappa shape index (κ2) is 5.13. The molecule has 2 rings (SSSR count). The average molecular weight is 241 g/mol. The van der Waals surface area contributed by atoms with Gasteiger partial charge < -0.3 is 0 Å². The lowest BCUT2D eigenvalue weighted by Gasteiger charge is -2.10. The molecule has 1 heterocycles. The normalized spacial score (nSPS) is 10.4. The summed E-state index contributed by atoms with van der Waals surface area (Å²) in [5.41, 5.74) is 4.48. The highest BCUT2D eigenvalue weighted by atomic mass is 19.1. The zero-order valence-corrected chi connectivity index (χ0v) is 10.7. The van der Waals surface area contributed by atoms with Gasteiger partial charge in [0, 0.05) is 17.5 Å². The summed E-state index contributed by atoms with van der Waals surface area (Å²) >= 11 is 0.